The van der Waals surface area contributed by atoms with Crippen LogP contribution >= 0.6 is 0 Å². The minimum Gasteiger partial charge on any atom is -0.481 e. The first-order valence-corrected chi connectivity index (χ1v) is 12.8. The molecule has 1 saturated carbocycles. The first-order valence-electron chi connectivity index (χ1n) is 12.8. The SMILES string of the molecule is CCCCCCCCCCCCCCC[C@@H]1C/C1=C\CC/C=C/CCCC(=O)O. The van der Waals surface area contributed by atoms with Gasteiger partial charge in [-0.05, 0) is 44.4 Å². The number of unbranched alkanes of at least 4 members (excludes halogenated alkanes) is 14. The van der Waals surface area contributed by atoms with Crippen LogP contribution in [0, 0.1) is 5.92 Å². The zero-order valence-electron chi connectivity index (χ0n) is 19.3. The minimum absolute atomic E-state index is 0.287. The molecule has 29 heavy (non-hydrogen) atoms. The van der Waals surface area contributed by atoms with E-state index in [1.807, 2.05) is 0 Å². The fourth-order valence-corrected chi connectivity index (χ4v) is 4.14. The van der Waals surface area contributed by atoms with Gasteiger partial charge in [-0.25, -0.2) is 0 Å². The predicted molar refractivity (Wildman–Crippen MR) is 126 cm³/mol. The number of hydrogen-bond donors (Lipinski definition) is 1. The van der Waals surface area contributed by atoms with E-state index in [2.05, 4.69) is 25.2 Å². The Bertz CT molecular complexity index is 449. The number of hydrogen-bond acceptors (Lipinski definition) is 1. The van der Waals surface area contributed by atoms with Crippen molar-refractivity contribution in [3.63, 3.8) is 0 Å². The zero-order valence-corrected chi connectivity index (χ0v) is 19.3. The first-order chi connectivity index (χ1) is 14.2. The van der Waals surface area contributed by atoms with Crippen LogP contribution in [0.4, 0.5) is 0 Å². The molecule has 0 radical (unpaired) electrons. The van der Waals surface area contributed by atoms with Crippen molar-refractivity contribution in [2.45, 2.75) is 135 Å². The van der Waals surface area contributed by atoms with Crippen LogP contribution < -0.4 is 0 Å². The molecule has 0 unspecified atom stereocenters. The molecular formula is C27H48O2. The number of carboxylic acids is 1. The second-order valence-electron chi connectivity index (χ2n) is 9.05. The number of carbonyl (C=O) groups is 1. The van der Waals surface area contributed by atoms with Gasteiger partial charge in [-0.2, -0.15) is 0 Å². The smallest absolute Gasteiger partial charge is 0.303 e. The Hall–Kier alpha value is -1.05. The lowest BCUT2D eigenvalue weighted by molar-refractivity contribution is -0.137. The van der Waals surface area contributed by atoms with E-state index < -0.39 is 5.97 Å². The topological polar surface area (TPSA) is 37.3 Å². The van der Waals surface area contributed by atoms with Gasteiger partial charge in [0.05, 0.1) is 0 Å². The van der Waals surface area contributed by atoms with Crippen LogP contribution in [0.3, 0.4) is 0 Å². The van der Waals surface area contributed by atoms with Crippen LogP contribution in [0.1, 0.15) is 135 Å². The lowest BCUT2D eigenvalue weighted by atomic mass is 10.0. The summed E-state index contributed by atoms with van der Waals surface area (Å²) >= 11 is 0. The van der Waals surface area contributed by atoms with Crippen molar-refractivity contribution in [1.82, 2.24) is 0 Å². The molecular weight excluding hydrogens is 356 g/mol. The lowest BCUT2D eigenvalue weighted by Gasteiger charge is -2.03. The largest absolute Gasteiger partial charge is 0.481 e. The van der Waals surface area contributed by atoms with Crippen molar-refractivity contribution in [1.29, 1.82) is 0 Å². The number of allylic oxidation sites excluding steroid dienone is 4. The average Bonchev–Trinajstić information content (AvgIpc) is 3.45. The van der Waals surface area contributed by atoms with E-state index in [1.54, 1.807) is 5.57 Å². The Morgan fingerprint density at radius 2 is 1.34 bits per heavy atom. The Morgan fingerprint density at radius 3 is 1.93 bits per heavy atom. The van der Waals surface area contributed by atoms with E-state index in [4.69, 9.17) is 5.11 Å². The van der Waals surface area contributed by atoms with Crippen LogP contribution in [0.25, 0.3) is 0 Å². The van der Waals surface area contributed by atoms with E-state index >= 15 is 0 Å². The normalized spacial score (nSPS) is 17.4. The molecule has 1 fully saturated rings. The first kappa shape index (κ1) is 26.0. The molecule has 0 amide bonds. The molecule has 1 atom stereocenters. The molecule has 0 aromatic heterocycles. The van der Waals surface area contributed by atoms with Crippen molar-refractivity contribution in [3.05, 3.63) is 23.8 Å². The standard InChI is InChI=1S/C27H48O2/c1-2-3-4-5-6-7-8-9-10-11-12-15-18-21-25-24-26(25)22-19-16-13-14-17-20-23-27(28)29/h13-14,22,25H,2-12,15-21,23-24H2,1H3,(H,28,29)/b14-13+,26-22+/t25-/m1/s1. The third kappa shape index (κ3) is 17.5. The second-order valence-corrected chi connectivity index (χ2v) is 9.05. The van der Waals surface area contributed by atoms with Gasteiger partial charge < -0.3 is 5.11 Å². The summed E-state index contributed by atoms with van der Waals surface area (Å²) in [5.74, 6) is 0.216. The molecule has 1 aliphatic rings. The fourth-order valence-electron chi connectivity index (χ4n) is 4.14. The molecule has 1 rings (SSSR count). The lowest BCUT2D eigenvalue weighted by Crippen LogP contribution is -1.92. The molecule has 0 aliphatic heterocycles. The summed E-state index contributed by atoms with van der Waals surface area (Å²) < 4.78 is 0. The summed E-state index contributed by atoms with van der Waals surface area (Å²) in [6.07, 6.45) is 32.5. The summed E-state index contributed by atoms with van der Waals surface area (Å²) in [7, 11) is 0. The third-order valence-corrected chi connectivity index (χ3v) is 6.17. The highest BCUT2D eigenvalue weighted by Crippen LogP contribution is 2.42. The fraction of sp³-hybridized carbons (Fsp3) is 0.815. The number of carboxylic acid groups (broad SMARTS) is 1. The second kappa shape index (κ2) is 18.9. The van der Waals surface area contributed by atoms with E-state index in [1.165, 1.54) is 96.3 Å². The molecule has 0 aromatic carbocycles. The highest BCUT2D eigenvalue weighted by Gasteiger charge is 2.27. The maximum Gasteiger partial charge on any atom is 0.303 e. The number of rotatable bonds is 21. The van der Waals surface area contributed by atoms with Crippen molar-refractivity contribution in [3.8, 4) is 0 Å². The summed E-state index contributed by atoms with van der Waals surface area (Å²) in [5.41, 5.74) is 1.70. The van der Waals surface area contributed by atoms with Crippen molar-refractivity contribution in [2.24, 2.45) is 5.92 Å². The molecule has 0 saturated heterocycles. The maximum absolute atomic E-state index is 10.4. The van der Waals surface area contributed by atoms with Crippen LogP contribution in [-0.2, 0) is 4.79 Å². The predicted octanol–water partition coefficient (Wildman–Crippen LogP) is 9.01. The van der Waals surface area contributed by atoms with Gasteiger partial charge in [0.2, 0.25) is 0 Å². The quantitative estimate of drug-likeness (QED) is 0.153. The Labute approximate surface area is 181 Å². The van der Waals surface area contributed by atoms with Crippen LogP contribution in [0.2, 0.25) is 0 Å². The molecule has 2 nitrogen and oxygen atoms in total. The minimum atomic E-state index is -0.689. The zero-order chi connectivity index (χ0) is 21.0. The van der Waals surface area contributed by atoms with E-state index in [9.17, 15) is 4.79 Å². The molecule has 0 bridgehead atoms. The van der Waals surface area contributed by atoms with Gasteiger partial charge in [-0.15, -0.1) is 0 Å². The Morgan fingerprint density at radius 1 is 0.793 bits per heavy atom. The van der Waals surface area contributed by atoms with Crippen LogP contribution in [-0.4, -0.2) is 11.1 Å². The van der Waals surface area contributed by atoms with Crippen LogP contribution in [0.15, 0.2) is 23.8 Å². The van der Waals surface area contributed by atoms with Gasteiger partial charge in [0, 0.05) is 6.42 Å². The van der Waals surface area contributed by atoms with Crippen LogP contribution in [0.5, 0.6) is 0 Å². The summed E-state index contributed by atoms with van der Waals surface area (Å²) in [6, 6.07) is 0. The maximum atomic E-state index is 10.4. The molecule has 0 aromatic rings. The molecule has 2 heteroatoms. The summed E-state index contributed by atoms with van der Waals surface area (Å²) in [4.78, 5) is 10.4. The third-order valence-electron chi connectivity index (χ3n) is 6.17. The van der Waals surface area contributed by atoms with Gasteiger partial charge >= 0.3 is 5.97 Å². The summed E-state index contributed by atoms with van der Waals surface area (Å²) in [6.45, 7) is 2.29. The van der Waals surface area contributed by atoms with E-state index in [-0.39, 0.29) is 6.42 Å². The van der Waals surface area contributed by atoms with E-state index in [0.29, 0.717) is 0 Å². The summed E-state index contributed by atoms with van der Waals surface area (Å²) in [5, 5.41) is 8.59. The van der Waals surface area contributed by atoms with Gasteiger partial charge in [0.25, 0.3) is 0 Å². The molecule has 0 spiro atoms. The van der Waals surface area contributed by atoms with Crippen molar-refractivity contribution >= 4 is 5.97 Å². The number of aliphatic carboxylic acids is 1. The van der Waals surface area contributed by atoms with E-state index in [0.717, 1.165) is 31.6 Å². The molecule has 0 heterocycles. The highest BCUT2D eigenvalue weighted by molar-refractivity contribution is 5.66. The van der Waals surface area contributed by atoms with Gasteiger partial charge in [0.15, 0.2) is 0 Å². The van der Waals surface area contributed by atoms with Gasteiger partial charge in [-0.3, -0.25) is 4.79 Å². The van der Waals surface area contributed by atoms with Gasteiger partial charge in [-0.1, -0.05) is 114 Å². The monoisotopic (exact) mass is 404 g/mol. The Kier molecular flexibility index (Phi) is 17.0. The highest BCUT2D eigenvalue weighted by atomic mass is 16.4. The molecule has 1 N–H and O–H groups in total. The molecule has 168 valence electrons. The van der Waals surface area contributed by atoms with Crippen molar-refractivity contribution in [2.75, 3.05) is 0 Å². The average molecular weight is 405 g/mol. The van der Waals surface area contributed by atoms with Gasteiger partial charge in [0.1, 0.15) is 0 Å². The Balaban J connectivity index is 1.79. The van der Waals surface area contributed by atoms with Crippen molar-refractivity contribution < 1.29 is 9.90 Å². The molecule has 1 aliphatic carbocycles.